The second-order valence-corrected chi connectivity index (χ2v) is 12.1. The maximum atomic E-state index is 13.4. The molecular formula is C38H42N4O2. The van der Waals surface area contributed by atoms with Crippen LogP contribution in [0.5, 0.6) is 0 Å². The molecule has 4 aromatic rings. The number of carbonyl (C=O) groups is 2. The van der Waals surface area contributed by atoms with Crippen molar-refractivity contribution in [1.82, 2.24) is 4.90 Å². The van der Waals surface area contributed by atoms with Gasteiger partial charge in [-0.25, -0.2) is 0 Å². The molecule has 4 aromatic carbocycles. The smallest absolute Gasteiger partial charge is 0.255 e. The lowest BCUT2D eigenvalue weighted by atomic mass is 10.0. The number of amides is 2. The summed E-state index contributed by atoms with van der Waals surface area (Å²) >= 11 is 0. The van der Waals surface area contributed by atoms with Crippen molar-refractivity contribution in [2.75, 3.05) is 23.3 Å². The minimum absolute atomic E-state index is 0.111. The van der Waals surface area contributed by atoms with Crippen LogP contribution in [0.25, 0.3) is 11.1 Å². The molecule has 6 rings (SSSR count). The lowest BCUT2D eigenvalue weighted by Crippen LogP contribution is -2.31. The van der Waals surface area contributed by atoms with Gasteiger partial charge in [-0.05, 0) is 83.8 Å². The number of carbonyl (C=O) groups excluding carboxylic acids is 2. The van der Waals surface area contributed by atoms with E-state index in [0.29, 0.717) is 25.2 Å². The summed E-state index contributed by atoms with van der Waals surface area (Å²) in [6.07, 6.45) is 6.74. The first-order valence-electron chi connectivity index (χ1n) is 16.0. The Kier molecular flexibility index (Phi) is 9.37. The second-order valence-electron chi connectivity index (χ2n) is 12.1. The van der Waals surface area contributed by atoms with E-state index in [-0.39, 0.29) is 17.7 Å². The highest BCUT2D eigenvalue weighted by Crippen LogP contribution is 2.35. The lowest BCUT2D eigenvalue weighted by molar-refractivity contribution is -0.133. The Morgan fingerprint density at radius 3 is 2.09 bits per heavy atom. The summed E-state index contributed by atoms with van der Waals surface area (Å²) in [7, 11) is 0. The third-order valence-corrected chi connectivity index (χ3v) is 8.70. The van der Waals surface area contributed by atoms with Gasteiger partial charge in [0.2, 0.25) is 5.91 Å². The van der Waals surface area contributed by atoms with Gasteiger partial charge in [-0.1, -0.05) is 79.6 Å². The fraction of sp³-hybridized carbons (Fsp3) is 0.316. The number of hydrogen-bond acceptors (Lipinski definition) is 4. The SMILES string of the molecule is NCc1cccc(CN(Cc2cccc(-c3ccc(N4CCCCCC4)c(NC(=O)c4ccccc4)c3)c2)C(=O)C2CC2)c1. The van der Waals surface area contributed by atoms with Crippen molar-refractivity contribution < 1.29 is 9.59 Å². The summed E-state index contributed by atoms with van der Waals surface area (Å²) in [5.41, 5.74) is 13.8. The number of nitrogens with two attached hydrogens (primary N) is 1. The number of nitrogens with zero attached hydrogens (tertiary/aromatic N) is 2. The fourth-order valence-electron chi connectivity index (χ4n) is 6.13. The third-order valence-electron chi connectivity index (χ3n) is 8.70. The molecule has 1 heterocycles. The molecule has 2 aliphatic rings. The van der Waals surface area contributed by atoms with Crippen LogP contribution in [0.15, 0.2) is 97.1 Å². The first-order valence-corrected chi connectivity index (χ1v) is 16.0. The molecule has 44 heavy (non-hydrogen) atoms. The van der Waals surface area contributed by atoms with Gasteiger partial charge in [-0.2, -0.15) is 0 Å². The largest absolute Gasteiger partial charge is 0.370 e. The summed E-state index contributed by atoms with van der Waals surface area (Å²) < 4.78 is 0. The van der Waals surface area contributed by atoms with Gasteiger partial charge in [0.15, 0.2) is 0 Å². The first-order chi connectivity index (χ1) is 21.6. The zero-order valence-corrected chi connectivity index (χ0v) is 25.4. The monoisotopic (exact) mass is 586 g/mol. The molecule has 2 amide bonds. The average Bonchev–Trinajstić information content (AvgIpc) is 3.93. The topological polar surface area (TPSA) is 78.7 Å². The van der Waals surface area contributed by atoms with Gasteiger partial charge in [0.25, 0.3) is 5.91 Å². The molecule has 0 atom stereocenters. The molecular weight excluding hydrogens is 544 g/mol. The van der Waals surface area contributed by atoms with Crippen LogP contribution in [0.4, 0.5) is 11.4 Å². The highest BCUT2D eigenvalue weighted by Gasteiger charge is 2.33. The molecule has 6 nitrogen and oxygen atoms in total. The highest BCUT2D eigenvalue weighted by atomic mass is 16.2. The van der Waals surface area contributed by atoms with Crippen LogP contribution in [0.2, 0.25) is 0 Å². The van der Waals surface area contributed by atoms with Crippen molar-refractivity contribution in [2.45, 2.75) is 58.2 Å². The summed E-state index contributed by atoms with van der Waals surface area (Å²) in [4.78, 5) is 31.0. The molecule has 0 aromatic heterocycles. The van der Waals surface area contributed by atoms with Gasteiger partial charge >= 0.3 is 0 Å². The van der Waals surface area contributed by atoms with E-state index < -0.39 is 0 Å². The minimum atomic E-state index is -0.111. The van der Waals surface area contributed by atoms with Crippen LogP contribution in [-0.4, -0.2) is 29.8 Å². The number of benzene rings is 4. The van der Waals surface area contributed by atoms with Crippen molar-refractivity contribution in [1.29, 1.82) is 0 Å². The number of anilines is 2. The summed E-state index contributed by atoms with van der Waals surface area (Å²) in [6.45, 7) is 3.56. The van der Waals surface area contributed by atoms with E-state index >= 15 is 0 Å². The number of nitrogens with one attached hydrogen (secondary N) is 1. The van der Waals surface area contributed by atoms with Crippen LogP contribution in [0.1, 0.15) is 65.6 Å². The van der Waals surface area contributed by atoms with Crippen LogP contribution < -0.4 is 16.0 Å². The van der Waals surface area contributed by atoms with Crippen molar-refractivity contribution in [3.05, 3.63) is 119 Å². The molecule has 1 aliphatic heterocycles. The van der Waals surface area contributed by atoms with E-state index in [1.54, 1.807) is 0 Å². The van der Waals surface area contributed by atoms with Crippen LogP contribution in [-0.2, 0) is 24.4 Å². The Labute approximate surface area is 260 Å². The lowest BCUT2D eigenvalue weighted by Gasteiger charge is -2.26. The van der Waals surface area contributed by atoms with E-state index in [0.717, 1.165) is 78.0 Å². The number of hydrogen-bond donors (Lipinski definition) is 2. The Bertz CT molecular complexity index is 1590. The quantitative estimate of drug-likeness (QED) is 0.203. The predicted molar refractivity (Wildman–Crippen MR) is 178 cm³/mol. The molecule has 2 fully saturated rings. The van der Waals surface area contributed by atoms with Gasteiger partial charge in [-0.15, -0.1) is 0 Å². The van der Waals surface area contributed by atoms with Gasteiger partial charge in [0.05, 0.1) is 11.4 Å². The zero-order chi connectivity index (χ0) is 30.3. The predicted octanol–water partition coefficient (Wildman–Crippen LogP) is 7.38. The van der Waals surface area contributed by atoms with Crippen LogP contribution in [0, 0.1) is 5.92 Å². The van der Waals surface area contributed by atoms with Gasteiger partial charge in [0, 0.05) is 44.2 Å². The van der Waals surface area contributed by atoms with E-state index in [2.05, 4.69) is 64.8 Å². The summed E-state index contributed by atoms with van der Waals surface area (Å²) in [5.74, 6) is 0.250. The summed E-state index contributed by atoms with van der Waals surface area (Å²) in [5, 5.41) is 3.23. The van der Waals surface area contributed by atoms with Crippen LogP contribution >= 0.6 is 0 Å². The molecule has 0 unspecified atom stereocenters. The Hall–Kier alpha value is -4.42. The Morgan fingerprint density at radius 1 is 0.727 bits per heavy atom. The Morgan fingerprint density at radius 2 is 1.39 bits per heavy atom. The molecule has 0 radical (unpaired) electrons. The maximum absolute atomic E-state index is 13.4. The molecule has 6 heteroatoms. The molecule has 0 spiro atoms. The van der Waals surface area contributed by atoms with Crippen LogP contribution in [0.3, 0.4) is 0 Å². The van der Waals surface area contributed by atoms with Crippen molar-refractivity contribution >= 4 is 23.2 Å². The van der Waals surface area contributed by atoms with Crippen molar-refractivity contribution in [2.24, 2.45) is 11.7 Å². The number of rotatable bonds is 10. The molecule has 1 saturated heterocycles. The molecule has 226 valence electrons. The van der Waals surface area contributed by atoms with E-state index in [4.69, 9.17) is 5.73 Å². The molecule has 0 bridgehead atoms. The molecule has 1 saturated carbocycles. The zero-order valence-electron chi connectivity index (χ0n) is 25.4. The average molecular weight is 587 g/mol. The third kappa shape index (κ3) is 7.37. The van der Waals surface area contributed by atoms with Crippen molar-refractivity contribution in [3.8, 4) is 11.1 Å². The standard InChI is InChI=1S/C38H42N4O2/c39-25-28-10-8-11-29(22-28)26-42(38(44)32-16-17-32)27-30-12-9-15-33(23-30)34-18-19-36(41-20-6-1-2-7-21-41)35(24-34)40-37(43)31-13-4-3-5-14-31/h3-5,8-15,18-19,22-24,32H,1-2,6-7,16-17,20-21,25-27,39H2,(H,40,43). The maximum Gasteiger partial charge on any atom is 0.255 e. The highest BCUT2D eigenvalue weighted by molar-refractivity contribution is 6.06. The summed E-state index contributed by atoms with van der Waals surface area (Å²) in [6, 6.07) is 32.4. The van der Waals surface area contributed by atoms with Gasteiger partial charge < -0.3 is 20.9 Å². The molecule has 1 aliphatic carbocycles. The van der Waals surface area contributed by atoms with E-state index in [1.165, 1.54) is 12.8 Å². The van der Waals surface area contributed by atoms with E-state index in [9.17, 15) is 9.59 Å². The van der Waals surface area contributed by atoms with Crippen molar-refractivity contribution in [3.63, 3.8) is 0 Å². The Balaban J connectivity index is 1.28. The molecule has 3 N–H and O–H groups in total. The van der Waals surface area contributed by atoms with Gasteiger partial charge in [-0.3, -0.25) is 9.59 Å². The first kappa shape index (κ1) is 29.6. The second kappa shape index (κ2) is 13.9. The fourth-order valence-corrected chi connectivity index (χ4v) is 6.13. The van der Waals surface area contributed by atoms with E-state index in [1.807, 2.05) is 47.4 Å². The normalized spacial score (nSPS) is 15.0. The minimum Gasteiger partial charge on any atom is -0.370 e. The van der Waals surface area contributed by atoms with Gasteiger partial charge in [0.1, 0.15) is 0 Å².